The van der Waals surface area contributed by atoms with E-state index in [9.17, 15) is 5.11 Å². The van der Waals surface area contributed by atoms with Gasteiger partial charge in [-0.15, -0.1) is 0 Å². The maximum absolute atomic E-state index is 9.84. The molecule has 1 fully saturated rings. The average molecular weight is 293 g/mol. The maximum atomic E-state index is 9.84. The van der Waals surface area contributed by atoms with Crippen LogP contribution in [0.15, 0.2) is 24.3 Å². The molecule has 2 N–H and O–H groups in total. The van der Waals surface area contributed by atoms with Crippen molar-refractivity contribution in [1.82, 2.24) is 5.32 Å². The van der Waals surface area contributed by atoms with Gasteiger partial charge in [0.05, 0.1) is 0 Å². The van der Waals surface area contributed by atoms with Gasteiger partial charge in [0.1, 0.15) is 18.5 Å². The first-order chi connectivity index (χ1) is 10.2. The molecule has 4 heteroatoms. The number of rotatable bonds is 11. The van der Waals surface area contributed by atoms with Gasteiger partial charge in [-0.25, -0.2) is 0 Å². The van der Waals surface area contributed by atoms with Gasteiger partial charge >= 0.3 is 0 Å². The van der Waals surface area contributed by atoms with Gasteiger partial charge in [-0.05, 0) is 56.3 Å². The number of nitrogens with one attached hydrogen (secondary N) is 1. The highest BCUT2D eigenvalue weighted by Crippen LogP contribution is 2.28. The van der Waals surface area contributed by atoms with Crippen molar-refractivity contribution in [3.63, 3.8) is 0 Å². The molecule has 2 rings (SSSR count). The molecule has 4 nitrogen and oxygen atoms in total. The van der Waals surface area contributed by atoms with E-state index in [1.165, 1.54) is 12.8 Å². The minimum absolute atomic E-state index is 0.314. The van der Waals surface area contributed by atoms with Gasteiger partial charge in [-0.1, -0.05) is 12.1 Å². The Balaban J connectivity index is 1.44. The number of aliphatic hydroxyl groups is 1. The van der Waals surface area contributed by atoms with Crippen LogP contribution in [0.3, 0.4) is 0 Å². The molecule has 1 aromatic rings. The van der Waals surface area contributed by atoms with E-state index in [4.69, 9.17) is 9.47 Å². The Kier molecular flexibility index (Phi) is 7.00. The summed E-state index contributed by atoms with van der Waals surface area (Å²) in [5.41, 5.74) is 1.16. The Labute approximate surface area is 127 Å². The highest BCUT2D eigenvalue weighted by molar-refractivity contribution is 5.27. The monoisotopic (exact) mass is 293 g/mol. The van der Waals surface area contributed by atoms with Gasteiger partial charge in [0.15, 0.2) is 0 Å². The van der Waals surface area contributed by atoms with Crippen molar-refractivity contribution >= 4 is 0 Å². The lowest BCUT2D eigenvalue weighted by Gasteiger charge is -2.13. The largest absolute Gasteiger partial charge is 0.491 e. The van der Waals surface area contributed by atoms with Gasteiger partial charge < -0.3 is 19.9 Å². The molecule has 1 unspecified atom stereocenters. The Morgan fingerprint density at radius 2 is 2.24 bits per heavy atom. The lowest BCUT2D eigenvalue weighted by molar-refractivity contribution is 0.102. The fraction of sp³-hybridized carbons (Fsp3) is 0.647. The Morgan fingerprint density at radius 1 is 1.38 bits per heavy atom. The summed E-state index contributed by atoms with van der Waals surface area (Å²) >= 11 is 0. The second-order valence-electron chi connectivity index (χ2n) is 5.86. The van der Waals surface area contributed by atoms with Crippen molar-refractivity contribution in [2.45, 2.75) is 32.3 Å². The molecular weight excluding hydrogens is 266 g/mol. The van der Waals surface area contributed by atoms with Crippen LogP contribution < -0.4 is 10.1 Å². The highest BCUT2D eigenvalue weighted by atomic mass is 16.5. The first-order valence-corrected chi connectivity index (χ1v) is 7.90. The molecule has 0 aliphatic heterocycles. The van der Waals surface area contributed by atoms with Crippen LogP contribution in [-0.2, 0) is 4.74 Å². The summed E-state index contributed by atoms with van der Waals surface area (Å²) in [4.78, 5) is 0. The number of aliphatic hydroxyl groups excluding tert-OH is 1. The summed E-state index contributed by atoms with van der Waals surface area (Å²) in [5.74, 6) is 1.64. The predicted molar refractivity (Wildman–Crippen MR) is 83.7 cm³/mol. The fourth-order valence-electron chi connectivity index (χ4n) is 2.06. The van der Waals surface area contributed by atoms with Crippen molar-refractivity contribution in [2.24, 2.45) is 5.92 Å². The molecule has 118 valence electrons. The van der Waals surface area contributed by atoms with Crippen molar-refractivity contribution in [3.05, 3.63) is 29.8 Å². The van der Waals surface area contributed by atoms with Crippen LogP contribution in [0.1, 0.15) is 24.8 Å². The van der Waals surface area contributed by atoms with Gasteiger partial charge in [0.2, 0.25) is 0 Å². The average Bonchev–Trinajstić information content (AvgIpc) is 3.28. The molecule has 0 bridgehead atoms. The number of hydrogen-bond acceptors (Lipinski definition) is 4. The lowest BCUT2D eigenvalue weighted by Crippen LogP contribution is -2.32. The van der Waals surface area contributed by atoms with Crippen LogP contribution in [0.2, 0.25) is 0 Å². The van der Waals surface area contributed by atoms with Crippen molar-refractivity contribution in [3.8, 4) is 5.75 Å². The Hall–Kier alpha value is -1.10. The quantitative estimate of drug-likeness (QED) is 0.614. The number of hydrogen-bond donors (Lipinski definition) is 2. The molecule has 1 aliphatic rings. The molecule has 1 aliphatic carbocycles. The summed E-state index contributed by atoms with van der Waals surface area (Å²) < 4.78 is 11.1. The zero-order valence-corrected chi connectivity index (χ0v) is 12.9. The van der Waals surface area contributed by atoms with Crippen LogP contribution >= 0.6 is 0 Å². The Morgan fingerprint density at radius 3 is 3.00 bits per heavy atom. The summed E-state index contributed by atoms with van der Waals surface area (Å²) in [6, 6.07) is 7.86. The van der Waals surface area contributed by atoms with Crippen LogP contribution in [-0.4, -0.2) is 44.1 Å². The summed E-state index contributed by atoms with van der Waals surface area (Å²) in [6.07, 6.45) is 3.17. The maximum Gasteiger partial charge on any atom is 0.119 e. The van der Waals surface area contributed by atoms with Crippen LogP contribution in [0, 0.1) is 12.8 Å². The van der Waals surface area contributed by atoms with Crippen LogP contribution in [0.4, 0.5) is 0 Å². The zero-order chi connectivity index (χ0) is 14.9. The van der Waals surface area contributed by atoms with E-state index < -0.39 is 6.10 Å². The molecular formula is C17H27NO3. The highest BCUT2D eigenvalue weighted by Gasteiger charge is 2.20. The minimum atomic E-state index is -0.488. The first kappa shape index (κ1) is 16.3. The predicted octanol–water partition coefficient (Wildman–Crippen LogP) is 2.14. The van der Waals surface area contributed by atoms with Crippen molar-refractivity contribution < 1.29 is 14.6 Å². The summed E-state index contributed by atoms with van der Waals surface area (Å²) in [7, 11) is 0. The topological polar surface area (TPSA) is 50.7 Å². The van der Waals surface area contributed by atoms with Crippen LogP contribution in [0.5, 0.6) is 5.75 Å². The Bertz CT molecular complexity index is 407. The lowest BCUT2D eigenvalue weighted by atomic mass is 10.2. The molecule has 21 heavy (non-hydrogen) atoms. The molecule has 0 aromatic heterocycles. The van der Waals surface area contributed by atoms with E-state index in [0.717, 1.165) is 43.4 Å². The summed E-state index contributed by atoms with van der Waals surface area (Å²) in [6.45, 7) is 5.48. The van der Waals surface area contributed by atoms with Gasteiger partial charge in [-0.2, -0.15) is 0 Å². The SMILES string of the molecule is Cc1cccc(OCC(O)CNCCCOCC2CC2)c1. The van der Waals surface area contributed by atoms with E-state index in [0.29, 0.717) is 13.2 Å². The van der Waals surface area contributed by atoms with E-state index >= 15 is 0 Å². The second-order valence-corrected chi connectivity index (χ2v) is 5.86. The smallest absolute Gasteiger partial charge is 0.119 e. The van der Waals surface area contributed by atoms with E-state index in [2.05, 4.69) is 5.32 Å². The molecule has 1 saturated carbocycles. The standard InChI is InChI=1S/C17H27NO3/c1-14-4-2-5-17(10-14)21-13-16(19)11-18-8-3-9-20-12-15-6-7-15/h2,4-5,10,15-16,18-19H,3,6-9,11-13H2,1H3. The van der Waals surface area contributed by atoms with E-state index in [1.54, 1.807) is 0 Å². The molecule has 1 atom stereocenters. The number of ether oxygens (including phenoxy) is 2. The van der Waals surface area contributed by atoms with Crippen molar-refractivity contribution in [1.29, 1.82) is 0 Å². The second kappa shape index (κ2) is 9.03. The van der Waals surface area contributed by atoms with E-state index in [-0.39, 0.29) is 0 Å². The van der Waals surface area contributed by atoms with Crippen molar-refractivity contribution in [2.75, 3.05) is 32.9 Å². The molecule has 0 radical (unpaired) electrons. The summed E-state index contributed by atoms with van der Waals surface area (Å²) in [5, 5.41) is 13.1. The third-order valence-corrected chi connectivity index (χ3v) is 3.50. The van der Waals surface area contributed by atoms with Crippen LogP contribution in [0.25, 0.3) is 0 Å². The molecule has 1 aromatic carbocycles. The normalized spacial score (nSPS) is 15.9. The van der Waals surface area contributed by atoms with E-state index in [1.807, 2.05) is 31.2 Å². The fourth-order valence-corrected chi connectivity index (χ4v) is 2.06. The van der Waals surface area contributed by atoms with Gasteiger partial charge in [0.25, 0.3) is 0 Å². The van der Waals surface area contributed by atoms with Gasteiger partial charge in [0, 0.05) is 19.8 Å². The number of aryl methyl sites for hydroxylation is 1. The van der Waals surface area contributed by atoms with Gasteiger partial charge in [-0.3, -0.25) is 0 Å². The molecule has 0 spiro atoms. The first-order valence-electron chi connectivity index (χ1n) is 7.90. The molecule has 0 heterocycles. The number of benzene rings is 1. The molecule has 0 saturated heterocycles. The molecule has 0 amide bonds. The zero-order valence-electron chi connectivity index (χ0n) is 12.9. The third-order valence-electron chi connectivity index (χ3n) is 3.50. The minimum Gasteiger partial charge on any atom is -0.491 e. The third kappa shape index (κ3) is 7.46.